The summed E-state index contributed by atoms with van der Waals surface area (Å²) in [6.07, 6.45) is 8.39. The number of nitrogens with zero attached hydrogens (tertiary/aromatic N) is 3. The molecule has 1 atom stereocenters. The Balaban J connectivity index is 1.45. The molecule has 2 fully saturated rings. The number of piperidine rings is 1. The molecule has 35 heavy (non-hydrogen) atoms. The van der Waals surface area contributed by atoms with Crippen LogP contribution in [0.3, 0.4) is 0 Å². The van der Waals surface area contributed by atoms with E-state index in [1.165, 1.54) is 11.3 Å². The van der Waals surface area contributed by atoms with Gasteiger partial charge in [0.15, 0.2) is 0 Å². The van der Waals surface area contributed by atoms with E-state index >= 15 is 0 Å². The van der Waals surface area contributed by atoms with Crippen LogP contribution in [-0.2, 0) is 4.79 Å². The number of anilines is 1. The number of likely N-dealkylation sites (tertiary alicyclic amines) is 1. The van der Waals surface area contributed by atoms with Crippen LogP contribution in [0.1, 0.15) is 65.2 Å². The molecule has 0 radical (unpaired) electrons. The number of aromatic nitrogens is 2. The fraction of sp³-hybridized carbons (Fsp3) is 0.500. The first kappa shape index (κ1) is 24.8. The van der Waals surface area contributed by atoms with Gasteiger partial charge in [0, 0.05) is 38.8 Å². The minimum Gasteiger partial charge on any atom is -0.351 e. The fourth-order valence-electron chi connectivity index (χ4n) is 4.42. The van der Waals surface area contributed by atoms with Gasteiger partial charge in [-0.25, -0.2) is 4.79 Å². The Morgan fingerprint density at radius 3 is 2.74 bits per heavy atom. The summed E-state index contributed by atoms with van der Waals surface area (Å²) >= 11 is 1.22. The molecule has 2 aromatic rings. The van der Waals surface area contributed by atoms with Gasteiger partial charge in [0.25, 0.3) is 5.91 Å². The van der Waals surface area contributed by atoms with Crippen molar-refractivity contribution < 1.29 is 14.4 Å². The van der Waals surface area contributed by atoms with Crippen LogP contribution in [0.25, 0.3) is 0 Å². The second-order valence-corrected chi connectivity index (χ2v) is 9.96. The predicted molar refractivity (Wildman–Crippen MR) is 134 cm³/mol. The molecule has 2 aliphatic heterocycles. The van der Waals surface area contributed by atoms with Gasteiger partial charge in [-0.3, -0.25) is 14.3 Å². The van der Waals surface area contributed by atoms with Crippen molar-refractivity contribution in [3.8, 4) is 11.8 Å². The average molecular weight is 498 g/mol. The number of nitrogens with one attached hydrogen (secondary N) is 3. The number of urea groups is 1. The molecule has 0 saturated carbocycles. The van der Waals surface area contributed by atoms with Crippen molar-refractivity contribution >= 4 is 34.9 Å². The van der Waals surface area contributed by atoms with Crippen LogP contribution in [0.4, 0.5) is 10.5 Å². The third-order valence-corrected chi connectivity index (χ3v) is 7.34. The first-order valence-corrected chi connectivity index (χ1v) is 12.7. The van der Waals surface area contributed by atoms with Gasteiger partial charge < -0.3 is 26.6 Å². The maximum atomic E-state index is 13.0. The van der Waals surface area contributed by atoms with E-state index in [0.29, 0.717) is 15.4 Å². The van der Waals surface area contributed by atoms with Crippen LogP contribution in [-0.4, -0.2) is 64.7 Å². The zero-order valence-electron chi connectivity index (χ0n) is 19.8. The van der Waals surface area contributed by atoms with Gasteiger partial charge in [-0.15, -0.1) is 11.3 Å². The Labute approximate surface area is 208 Å². The third kappa shape index (κ3) is 6.61. The lowest BCUT2D eigenvalue weighted by atomic mass is 10.1. The van der Waals surface area contributed by atoms with E-state index in [9.17, 15) is 14.4 Å². The van der Waals surface area contributed by atoms with Gasteiger partial charge in [-0.05, 0) is 38.3 Å². The molecule has 0 bridgehead atoms. The summed E-state index contributed by atoms with van der Waals surface area (Å²) < 4.78 is 1.91. The molecule has 4 heterocycles. The summed E-state index contributed by atoms with van der Waals surface area (Å²) in [5, 5.41) is 13.4. The number of thiophene rings is 1. The van der Waals surface area contributed by atoms with Gasteiger partial charge >= 0.3 is 6.03 Å². The number of amides is 4. The molecule has 5 N–H and O–H groups in total. The number of carbonyl (C=O) groups excluding carboxylic acids is 3. The number of primary amides is 1. The van der Waals surface area contributed by atoms with E-state index in [0.717, 1.165) is 63.8 Å². The van der Waals surface area contributed by atoms with Gasteiger partial charge in [0.2, 0.25) is 5.91 Å². The summed E-state index contributed by atoms with van der Waals surface area (Å²) in [6, 6.07) is 1.22. The highest BCUT2D eigenvalue weighted by atomic mass is 32.1. The van der Waals surface area contributed by atoms with E-state index in [2.05, 4.69) is 32.9 Å². The minimum absolute atomic E-state index is 0.0382. The Bertz CT molecular complexity index is 1130. The van der Waals surface area contributed by atoms with E-state index in [1.807, 2.05) is 15.8 Å². The summed E-state index contributed by atoms with van der Waals surface area (Å²) in [6.45, 7) is 4.73. The molecule has 0 spiro atoms. The number of hydrogen-bond donors (Lipinski definition) is 4. The van der Waals surface area contributed by atoms with Gasteiger partial charge in [0.1, 0.15) is 4.88 Å². The molecule has 2 saturated heterocycles. The molecule has 2 aromatic heterocycles. The molecule has 0 unspecified atom stereocenters. The first-order chi connectivity index (χ1) is 16.9. The van der Waals surface area contributed by atoms with Crippen LogP contribution < -0.4 is 21.7 Å². The largest absolute Gasteiger partial charge is 0.351 e. The van der Waals surface area contributed by atoms with Crippen molar-refractivity contribution in [3.05, 3.63) is 33.8 Å². The van der Waals surface area contributed by atoms with Crippen LogP contribution >= 0.6 is 11.3 Å². The second kappa shape index (κ2) is 11.4. The van der Waals surface area contributed by atoms with Crippen LogP contribution in [0.2, 0.25) is 0 Å². The van der Waals surface area contributed by atoms with Crippen molar-refractivity contribution in [2.75, 3.05) is 31.5 Å². The Morgan fingerprint density at radius 1 is 1.20 bits per heavy atom. The van der Waals surface area contributed by atoms with Crippen LogP contribution in [0, 0.1) is 11.8 Å². The molecular formula is C24H31N7O3S. The molecule has 186 valence electrons. The predicted octanol–water partition coefficient (Wildman–Crippen LogP) is 1.89. The number of carbonyl (C=O) groups is 3. The topological polar surface area (TPSA) is 134 Å². The van der Waals surface area contributed by atoms with Crippen molar-refractivity contribution in [3.63, 3.8) is 0 Å². The molecule has 4 amide bonds. The molecule has 2 aliphatic rings. The van der Waals surface area contributed by atoms with Crippen LogP contribution in [0.15, 0.2) is 18.5 Å². The lowest BCUT2D eigenvalue weighted by Crippen LogP contribution is -2.40. The molecule has 10 nitrogen and oxygen atoms in total. The van der Waals surface area contributed by atoms with Crippen molar-refractivity contribution in [1.82, 2.24) is 25.3 Å². The highest BCUT2D eigenvalue weighted by molar-refractivity contribution is 7.15. The lowest BCUT2D eigenvalue weighted by Gasteiger charge is -2.31. The highest BCUT2D eigenvalue weighted by Gasteiger charge is 2.23. The standard InChI is InChI=1S/C24H31N7O3S/c1-16(32)30-10-7-19(8-11-30)31-15-17(13-27-31)5-6-20-12-21(29-24(25)34)22(35-20)23(33)28-18-4-2-3-9-26-14-18/h12-13,15,18-19,26H,2-4,7-11,14H2,1H3,(H,28,33)(H3,25,29,34)/t18-/m0/s1. The molecule has 11 heteroatoms. The number of nitrogens with two attached hydrogens (primary N) is 1. The normalized spacial score (nSPS) is 18.8. The minimum atomic E-state index is -0.732. The zero-order valence-corrected chi connectivity index (χ0v) is 20.6. The summed E-state index contributed by atoms with van der Waals surface area (Å²) in [5.74, 6) is 6.04. The van der Waals surface area contributed by atoms with Gasteiger partial charge in [0.05, 0.1) is 28.4 Å². The SMILES string of the molecule is CC(=O)N1CCC(n2cc(C#Cc3cc(NC(N)=O)c(C(=O)N[C@H]4CCCCNC4)s3)cn2)CC1. The summed E-state index contributed by atoms with van der Waals surface area (Å²) in [7, 11) is 0. The summed E-state index contributed by atoms with van der Waals surface area (Å²) in [5.41, 5.74) is 6.43. The number of hydrogen-bond acceptors (Lipinski definition) is 6. The first-order valence-electron chi connectivity index (χ1n) is 11.9. The smallest absolute Gasteiger partial charge is 0.316 e. The van der Waals surface area contributed by atoms with E-state index in [1.54, 1.807) is 19.2 Å². The van der Waals surface area contributed by atoms with E-state index < -0.39 is 6.03 Å². The van der Waals surface area contributed by atoms with Crippen molar-refractivity contribution in [1.29, 1.82) is 0 Å². The van der Waals surface area contributed by atoms with Crippen molar-refractivity contribution in [2.24, 2.45) is 5.73 Å². The van der Waals surface area contributed by atoms with Crippen LogP contribution in [0.5, 0.6) is 0 Å². The average Bonchev–Trinajstić information content (AvgIpc) is 3.38. The Morgan fingerprint density at radius 2 is 2.00 bits per heavy atom. The quantitative estimate of drug-likeness (QED) is 0.479. The Hall–Kier alpha value is -3.36. The molecule has 0 aromatic carbocycles. The summed E-state index contributed by atoms with van der Waals surface area (Å²) in [4.78, 5) is 38.8. The second-order valence-electron chi connectivity index (χ2n) is 8.91. The third-order valence-electron chi connectivity index (χ3n) is 6.29. The van der Waals surface area contributed by atoms with Crippen molar-refractivity contribution in [2.45, 2.75) is 51.1 Å². The monoisotopic (exact) mass is 497 g/mol. The fourth-order valence-corrected chi connectivity index (χ4v) is 5.29. The van der Waals surface area contributed by atoms with Gasteiger partial charge in [-0.2, -0.15) is 5.10 Å². The number of rotatable bonds is 4. The van der Waals surface area contributed by atoms with E-state index in [4.69, 9.17) is 5.73 Å². The highest BCUT2D eigenvalue weighted by Crippen LogP contribution is 2.27. The van der Waals surface area contributed by atoms with Gasteiger partial charge in [-0.1, -0.05) is 18.3 Å². The maximum absolute atomic E-state index is 13.0. The Kier molecular flexibility index (Phi) is 8.05. The molecular weight excluding hydrogens is 466 g/mol. The maximum Gasteiger partial charge on any atom is 0.316 e. The lowest BCUT2D eigenvalue weighted by molar-refractivity contribution is -0.130. The molecule has 4 rings (SSSR count). The van der Waals surface area contributed by atoms with E-state index in [-0.39, 0.29) is 23.9 Å². The zero-order chi connectivity index (χ0) is 24.8. The molecule has 0 aliphatic carbocycles.